The van der Waals surface area contributed by atoms with Gasteiger partial charge in [0.05, 0.1) is 18.8 Å². The number of nitrogens with two attached hydrogens (primary N) is 1. The van der Waals surface area contributed by atoms with Crippen LogP contribution in [-0.2, 0) is 0 Å². The van der Waals surface area contributed by atoms with Crippen molar-refractivity contribution in [3.05, 3.63) is 0 Å². The fourth-order valence-electron chi connectivity index (χ4n) is 1.01. The van der Waals surface area contributed by atoms with Crippen molar-refractivity contribution in [2.24, 2.45) is 11.7 Å². The van der Waals surface area contributed by atoms with Crippen LogP contribution in [0, 0.1) is 5.92 Å². The van der Waals surface area contributed by atoms with Crippen LogP contribution in [0.3, 0.4) is 0 Å². The van der Waals surface area contributed by atoms with Gasteiger partial charge in [-0.15, -0.1) is 0 Å². The molecule has 0 aliphatic heterocycles. The fourth-order valence-corrected chi connectivity index (χ4v) is 1.01. The molecule has 0 aromatic rings. The van der Waals surface area contributed by atoms with Crippen LogP contribution in [0.1, 0.15) is 20.3 Å². The molecule has 4 unspecified atom stereocenters. The molecule has 0 saturated heterocycles. The predicted octanol–water partition coefficient (Wildman–Crippen LogP) is -0.926. The fraction of sp³-hybridized carbons (Fsp3) is 1.00. The first-order valence-electron chi connectivity index (χ1n) is 4.27. The van der Waals surface area contributed by atoms with E-state index in [2.05, 4.69) is 0 Å². The highest BCUT2D eigenvalue weighted by molar-refractivity contribution is 4.79. The average Bonchev–Trinajstić information content (AvgIpc) is 2.12. The molecule has 0 aromatic carbocycles. The van der Waals surface area contributed by atoms with E-state index in [1.165, 1.54) is 0 Å². The molecule has 0 fully saturated rings. The Labute approximate surface area is 73.0 Å². The predicted molar refractivity (Wildman–Crippen MR) is 46.5 cm³/mol. The van der Waals surface area contributed by atoms with E-state index in [9.17, 15) is 10.2 Å². The standard InChI is InChI=1S/C8H19NO3/c1-3-7(11)8(12)5(2)6(9)4-10/h5-8,10-12H,3-4,9H2,1-2H3. The van der Waals surface area contributed by atoms with E-state index in [0.717, 1.165) is 0 Å². The second kappa shape index (κ2) is 5.48. The molecule has 0 heterocycles. The summed E-state index contributed by atoms with van der Waals surface area (Å²) in [6.07, 6.45) is -1.11. The SMILES string of the molecule is CCC(O)C(O)C(C)C(N)CO. The van der Waals surface area contributed by atoms with E-state index < -0.39 is 18.2 Å². The molecule has 0 bridgehead atoms. The molecule has 4 heteroatoms. The van der Waals surface area contributed by atoms with E-state index >= 15 is 0 Å². The number of hydrogen-bond acceptors (Lipinski definition) is 4. The van der Waals surface area contributed by atoms with Crippen LogP contribution in [0.2, 0.25) is 0 Å². The zero-order valence-electron chi connectivity index (χ0n) is 7.64. The molecule has 0 rings (SSSR count). The molecule has 0 saturated carbocycles. The molecular weight excluding hydrogens is 158 g/mol. The molecular formula is C8H19NO3. The Bertz CT molecular complexity index is 107. The second-order valence-corrected chi connectivity index (χ2v) is 3.17. The Morgan fingerprint density at radius 1 is 1.33 bits per heavy atom. The quantitative estimate of drug-likeness (QED) is 0.437. The maximum Gasteiger partial charge on any atom is 0.0840 e. The van der Waals surface area contributed by atoms with Crippen LogP contribution < -0.4 is 5.73 Å². The normalized spacial score (nSPS) is 21.5. The van der Waals surface area contributed by atoms with Crippen LogP contribution in [0.25, 0.3) is 0 Å². The molecule has 0 radical (unpaired) electrons. The summed E-state index contributed by atoms with van der Waals surface area (Å²) >= 11 is 0. The highest BCUT2D eigenvalue weighted by atomic mass is 16.3. The molecule has 0 aliphatic rings. The van der Waals surface area contributed by atoms with Crippen LogP contribution >= 0.6 is 0 Å². The summed E-state index contributed by atoms with van der Waals surface area (Å²) in [4.78, 5) is 0. The Hall–Kier alpha value is -0.160. The van der Waals surface area contributed by atoms with Crippen molar-refractivity contribution >= 4 is 0 Å². The molecule has 4 atom stereocenters. The highest BCUT2D eigenvalue weighted by Crippen LogP contribution is 2.12. The Morgan fingerprint density at radius 3 is 2.17 bits per heavy atom. The van der Waals surface area contributed by atoms with Crippen molar-refractivity contribution in [3.63, 3.8) is 0 Å². The molecule has 0 spiro atoms. The summed E-state index contributed by atoms with van der Waals surface area (Å²) in [6.45, 7) is 3.32. The lowest BCUT2D eigenvalue weighted by atomic mass is 9.92. The first-order chi connectivity index (χ1) is 5.54. The Kier molecular flexibility index (Phi) is 5.41. The molecule has 0 aliphatic carbocycles. The number of hydrogen-bond donors (Lipinski definition) is 4. The summed E-state index contributed by atoms with van der Waals surface area (Å²) in [5.41, 5.74) is 5.49. The third-order valence-corrected chi connectivity index (χ3v) is 2.24. The smallest absolute Gasteiger partial charge is 0.0840 e. The molecule has 0 aromatic heterocycles. The Morgan fingerprint density at radius 2 is 1.83 bits per heavy atom. The van der Waals surface area contributed by atoms with Gasteiger partial charge in [0, 0.05) is 12.0 Å². The van der Waals surface area contributed by atoms with Crippen molar-refractivity contribution in [1.82, 2.24) is 0 Å². The van der Waals surface area contributed by atoms with E-state index in [-0.39, 0.29) is 12.5 Å². The molecule has 0 amide bonds. The largest absolute Gasteiger partial charge is 0.395 e. The van der Waals surface area contributed by atoms with E-state index in [1.807, 2.05) is 0 Å². The molecule has 4 nitrogen and oxygen atoms in total. The minimum Gasteiger partial charge on any atom is -0.395 e. The minimum atomic E-state index is -0.850. The summed E-state index contributed by atoms with van der Waals surface area (Å²) < 4.78 is 0. The van der Waals surface area contributed by atoms with Gasteiger partial charge in [0.25, 0.3) is 0 Å². The molecule has 74 valence electrons. The van der Waals surface area contributed by atoms with Crippen molar-refractivity contribution < 1.29 is 15.3 Å². The second-order valence-electron chi connectivity index (χ2n) is 3.17. The van der Waals surface area contributed by atoms with Crippen LogP contribution in [0.5, 0.6) is 0 Å². The van der Waals surface area contributed by atoms with Crippen molar-refractivity contribution in [2.75, 3.05) is 6.61 Å². The van der Waals surface area contributed by atoms with E-state index in [4.69, 9.17) is 10.8 Å². The average molecular weight is 177 g/mol. The first kappa shape index (κ1) is 11.8. The third kappa shape index (κ3) is 3.06. The van der Waals surface area contributed by atoms with Gasteiger partial charge in [-0.1, -0.05) is 13.8 Å². The van der Waals surface area contributed by atoms with Gasteiger partial charge < -0.3 is 21.1 Å². The molecule has 12 heavy (non-hydrogen) atoms. The maximum atomic E-state index is 9.45. The van der Waals surface area contributed by atoms with Gasteiger partial charge in [-0.3, -0.25) is 0 Å². The van der Waals surface area contributed by atoms with Crippen molar-refractivity contribution in [2.45, 2.75) is 38.5 Å². The number of aliphatic hydroxyl groups is 3. The van der Waals surface area contributed by atoms with Gasteiger partial charge in [0.15, 0.2) is 0 Å². The van der Waals surface area contributed by atoms with Crippen LogP contribution in [0.15, 0.2) is 0 Å². The summed E-state index contributed by atoms with van der Waals surface area (Å²) in [5.74, 6) is -0.287. The van der Waals surface area contributed by atoms with Gasteiger partial charge >= 0.3 is 0 Å². The lowest BCUT2D eigenvalue weighted by Gasteiger charge is -2.26. The number of aliphatic hydroxyl groups excluding tert-OH is 3. The number of rotatable bonds is 5. The maximum absolute atomic E-state index is 9.45. The van der Waals surface area contributed by atoms with Crippen molar-refractivity contribution in [1.29, 1.82) is 0 Å². The summed E-state index contributed by atoms with van der Waals surface area (Å²) in [5, 5.41) is 27.4. The minimum absolute atomic E-state index is 0.172. The van der Waals surface area contributed by atoms with E-state index in [1.54, 1.807) is 13.8 Å². The summed E-state index contributed by atoms with van der Waals surface area (Å²) in [7, 11) is 0. The lowest BCUT2D eigenvalue weighted by Crippen LogP contribution is -2.43. The first-order valence-corrected chi connectivity index (χ1v) is 4.27. The zero-order valence-corrected chi connectivity index (χ0v) is 7.64. The van der Waals surface area contributed by atoms with Gasteiger partial charge in [0.2, 0.25) is 0 Å². The van der Waals surface area contributed by atoms with Gasteiger partial charge in [-0.05, 0) is 6.42 Å². The topological polar surface area (TPSA) is 86.7 Å². The van der Waals surface area contributed by atoms with Crippen molar-refractivity contribution in [3.8, 4) is 0 Å². The monoisotopic (exact) mass is 177 g/mol. The molecule has 5 N–H and O–H groups in total. The van der Waals surface area contributed by atoms with Gasteiger partial charge in [0.1, 0.15) is 0 Å². The highest BCUT2D eigenvalue weighted by Gasteiger charge is 2.25. The summed E-state index contributed by atoms with van der Waals surface area (Å²) in [6, 6.07) is -0.471. The Balaban J connectivity index is 3.99. The van der Waals surface area contributed by atoms with Crippen LogP contribution in [0.4, 0.5) is 0 Å². The third-order valence-electron chi connectivity index (χ3n) is 2.24. The van der Waals surface area contributed by atoms with Crippen LogP contribution in [-0.4, -0.2) is 40.2 Å². The zero-order chi connectivity index (χ0) is 9.72. The lowest BCUT2D eigenvalue weighted by molar-refractivity contribution is -0.0248. The van der Waals surface area contributed by atoms with Gasteiger partial charge in [-0.25, -0.2) is 0 Å². The van der Waals surface area contributed by atoms with E-state index in [0.29, 0.717) is 6.42 Å². The van der Waals surface area contributed by atoms with Gasteiger partial charge in [-0.2, -0.15) is 0 Å².